The highest BCUT2D eigenvalue weighted by atomic mass is 32.2. The first-order chi connectivity index (χ1) is 15.4. The van der Waals surface area contributed by atoms with Crippen LogP contribution in [0.4, 0.5) is 0 Å². The number of aromatic nitrogens is 2. The zero-order valence-corrected chi connectivity index (χ0v) is 18.3. The Bertz CT molecular complexity index is 1600. The van der Waals surface area contributed by atoms with Gasteiger partial charge in [0.05, 0.1) is 17.5 Å². The van der Waals surface area contributed by atoms with Crippen LogP contribution in [-0.2, 0) is 17.1 Å². The number of hydrogen-bond donors (Lipinski definition) is 0. The summed E-state index contributed by atoms with van der Waals surface area (Å²) < 4.78 is 35.6. The molecule has 0 unspecified atom stereocenters. The molecule has 0 aliphatic carbocycles. The van der Waals surface area contributed by atoms with Gasteiger partial charge in [0.2, 0.25) is 5.78 Å². The summed E-state index contributed by atoms with van der Waals surface area (Å²) in [6.07, 6.45) is 1.92. The molecule has 6 nitrogen and oxygen atoms in total. The van der Waals surface area contributed by atoms with Gasteiger partial charge in [-0.2, -0.15) is 0 Å². The molecule has 0 bridgehead atoms. The summed E-state index contributed by atoms with van der Waals surface area (Å²) in [4.78, 5) is 13.7. The number of hydrogen-bond acceptors (Lipinski definition) is 4. The summed E-state index contributed by atoms with van der Waals surface area (Å²) in [5.74, 6) is 0.210. The van der Waals surface area contributed by atoms with Gasteiger partial charge in [0.1, 0.15) is 11.4 Å². The predicted octanol–water partition coefficient (Wildman–Crippen LogP) is 4.61. The van der Waals surface area contributed by atoms with Crippen molar-refractivity contribution in [3.63, 3.8) is 0 Å². The Morgan fingerprint density at radius 1 is 0.844 bits per heavy atom. The van der Waals surface area contributed by atoms with Gasteiger partial charge in [-0.15, -0.1) is 0 Å². The molecular formula is C25H20N2O4S. The Labute approximate surface area is 185 Å². The minimum absolute atomic E-state index is 0.0763. The summed E-state index contributed by atoms with van der Waals surface area (Å²) in [7, 11) is -0.539. The van der Waals surface area contributed by atoms with Crippen molar-refractivity contribution >= 4 is 37.6 Å². The van der Waals surface area contributed by atoms with Gasteiger partial charge in [0.25, 0.3) is 10.0 Å². The third kappa shape index (κ3) is 3.09. The fraction of sp³-hybridized carbons (Fsp3) is 0.0800. The van der Waals surface area contributed by atoms with Crippen molar-refractivity contribution in [2.45, 2.75) is 4.90 Å². The first-order valence-electron chi connectivity index (χ1n) is 10.00. The third-order valence-corrected chi connectivity index (χ3v) is 7.37. The molecule has 0 amide bonds. The average Bonchev–Trinajstić information content (AvgIpc) is 3.39. The zero-order valence-electron chi connectivity index (χ0n) is 17.5. The van der Waals surface area contributed by atoms with Crippen LogP contribution in [0, 0.1) is 0 Å². The van der Waals surface area contributed by atoms with Crippen molar-refractivity contribution < 1.29 is 17.9 Å². The van der Waals surface area contributed by atoms with E-state index in [9.17, 15) is 13.2 Å². The number of nitrogens with zero attached hydrogens (tertiary/aromatic N) is 2. The second kappa shape index (κ2) is 7.39. The lowest BCUT2D eigenvalue weighted by molar-refractivity contribution is 0.103. The molecule has 3 aromatic carbocycles. The first-order valence-corrected chi connectivity index (χ1v) is 11.4. The normalized spacial score (nSPS) is 11.8. The Balaban J connectivity index is 1.76. The van der Waals surface area contributed by atoms with Crippen molar-refractivity contribution in [1.29, 1.82) is 0 Å². The maximum absolute atomic E-state index is 13.6. The van der Waals surface area contributed by atoms with Crippen LogP contribution in [0.15, 0.2) is 90.0 Å². The Hall–Kier alpha value is -3.84. The molecule has 0 saturated heterocycles. The van der Waals surface area contributed by atoms with Gasteiger partial charge >= 0.3 is 0 Å². The fourth-order valence-corrected chi connectivity index (χ4v) is 5.51. The molecule has 5 aromatic rings. The van der Waals surface area contributed by atoms with Crippen LogP contribution in [0.1, 0.15) is 16.1 Å². The van der Waals surface area contributed by atoms with Gasteiger partial charge in [-0.1, -0.05) is 18.2 Å². The summed E-state index contributed by atoms with van der Waals surface area (Å²) in [5, 5.41) is 1.52. The van der Waals surface area contributed by atoms with E-state index in [0.29, 0.717) is 22.2 Å². The second-order valence-electron chi connectivity index (χ2n) is 7.57. The van der Waals surface area contributed by atoms with Gasteiger partial charge in [-0.25, -0.2) is 12.4 Å². The van der Waals surface area contributed by atoms with E-state index in [1.54, 1.807) is 61.7 Å². The van der Waals surface area contributed by atoms with E-state index < -0.39 is 10.0 Å². The largest absolute Gasteiger partial charge is 0.497 e. The highest BCUT2D eigenvalue weighted by Gasteiger charge is 2.27. The van der Waals surface area contributed by atoms with Gasteiger partial charge in [-0.05, 0) is 60.7 Å². The predicted molar refractivity (Wildman–Crippen MR) is 124 cm³/mol. The smallest absolute Gasteiger partial charge is 0.268 e. The maximum Gasteiger partial charge on any atom is 0.268 e. The number of fused-ring (bicyclic) bond motifs is 2. The van der Waals surface area contributed by atoms with Crippen LogP contribution in [-0.4, -0.2) is 29.9 Å². The molecular weight excluding hydrogens is 424 g/mol. The van der Waals surface area contributed by atoms with Gasteiger partial charge in [0.15, 0.2) is 0 Å². The minimum atomic E-state index is -4.01. The lowest BCUT2D eigenvalue weighted by atomic mass is 10.1. The molecule has 7 heteroatoms. The van der Waals surface area contributed by atoms with Crippen LogP contribution in [0.25, 0.3) is 21.8 Å². The molecule has 0 spiro atoms. The number of ether oxygens (including phenoxy) is 1. The summed E-state index contributed by atoms with van der Waals surface area (Å²) in [5.41, 5.74) is 1.90. The van der Waals surface area contributed by atoms with E-state index in [1.165, 1.54) is 12.1 Å². The Morgan fingerprint density at radius 2 is 1.59 bits per heavy atom. The van der Waals surface area contributed by atoms with Crippen molar-refractivity contribution in [1.82, 2.24) is 8.54 Å². The van der Waals surface area contributed by atoms with Crippen molar-refractivity contribution in [2.24, 2.45) is 7.05 Å². The third-order valence-electron chi connectivity index (χ3n) is 5.63. The first kappa shape index (κ1) is 20.1. The van der Waals surface area contributed by atoms with Crippen LogP contribution in [0.5, 0.6) is 5.75 Å². The number of ketones is 1. The van der Waals surface area contributed by atoms with Crippen molar-refractivity contribution in [3.05, 3.63) is 96.3 Å². The van der Waals surface area contributed by atoms with Gasteiger partial charge < -0.3 is 9.30 Å². The van der Waals surface area contributed by atoms with E-state index in [1.807, 2.05) is 29.9 Å². The molecule has 0 aliphatic rings. The topological polar surface area (TPSA) is 70.3 Å². The number of carbonyl (C=O) groups excluding carboxylic acids is 1. The molecule has 0 radical (unpaired) electrons. The Morgan fingerprint density at radius 3 is 2.34 bits per heavy atom. The molecule has 2 heterocycles. The van der Waals surface area contributed by atoms with E-state index >= 15 is 0 Å². The molecule has 32 heavy (non-hydrogen) atoms. The molecule has 0 aliphatic heterocycles. The summed E-state index contributed by atoms with van der Waals surface area (Å²) >= 11 is 0. The molecule has 160 valence electrons. The molecule has 0 fully saturated rings. The molecule has 0 saturated carbocycles. The average molecular weight is 445 g/mol. The van der Waals surface area contributed by atoms with E-state index in [0.717, 1.165) is 14.9 Å². The summed E-state index contributed by atoms with van der Waals surface area (Å²) in [6.45, 7) is 0. The highest BCUT2D eigenvalue weighted by Crippen LogP contribution is 2.30. The monoisotopic (exact) mass is 444 g/mol. The molecule has 5 rings (SSSR count). The van der Waals surface area contributed by atoms with Gasteiger partial charge in [0, 0.05) is 35.1 Å². The number of carbonyl (C=O) groups is 1. The Kier molecular flexibility index (Phi) is 4.64. The quantitative estimate of drug-likeness (QED) is 0.371. The molecule has 0 N–H and O–H groups in total. The molecule has 2 aromatic heterocycles. The lowest BCUT2D eigenvalue weighted by Crippen LogP contribution is -2.19. The van der Waals surface area contributed by atoms with E-state index in [-0.39, 0.29) is 16.4 Å². The highest BCUT2D eigenvalue weighted by molar-refractivity contribution is 7.90. The van der Waals surface area contributed by atoms with Crippen LogP contribution in [0.2, 0.25) is 0 Å². The molecule has 0 atom stereocenters. The lowest BCUT2D eigenvalue weighted by Gasteiger charge is -2.12. The van der Waals surface area contributed by atoms with E-state index in [4.69, 9.17) is 4.74 Å². The fourth-order valence-electron chi connectivity index (χ4n) is 3.98. The minimum Gasteiger partial charge on any atom is -0.497 e. The number of benzene rings is 3. The van der Waals surface area contributed by atoms with Crippen molar-refractivity contribution in [3.8, 4) is 5.75 Å². The van der Waals surface area contributed by atoms with Crippen LogP contribution < -0.4 is 4.74 Å². The SMILES string of the molecule is COc1ccc2c(c1)cc(C(=O)c1ccc3c(ccn3C)c1)n2S(=O)(=O)c1ccccc1. The second-order valence-corrected chi connectivity index (χ2v) is 9.35. The van der Waals surface area contributed by atoms with Gasteiger partial charge in [-0.3, -0.25) is 4.79 Å². The van der Waals surface area contributed by atoms with Crippen LogP contribution in [0.3, 0.4) is 0 Å². The summed E-state index contributed by atoms with van der Waals surface area (Å²) in [6, 6.07) is 22.1. The number of aryl methyl sites for hydroxylation is 1. The van der Waals surface area contributed by atoms with Crippen LogP contribution >= 0.6 is 0 Å². The maximum atomic E-state index is 13.6. The zero-order chi connectivity index (χ0) is 22.5. The van der Waals surface area contributed by atoms with E-state index in [2.05, 4.69) is 0 Å². The standard InChI is InChI=1S/C25H20N2O4S/c1-26-13-12-17-14-18(8-10-22(17)26)25(28)24-16-19-15-20(31-2)9-11-23(19)27(24)32(29,30)21-6-4-3-5-7-21/h3-16H,1-2H3. The number of methoxy groups -OCH3 is 1. The van der Waals surface area contributed by atoms with Crippen molar-refractivity contribution in [2.75, 3.05) is 7.11 Å². The number of rotatable bonds is 5.